The van der Waals surface area contributed by atoms with Gasteiger partial charge < -0.3 is 20.7 Å². The van der Waals surface area contributed by atoms with E-state index >= 15 is 0 Å². The third kappa shape index (κ3) is 7.26. The third-order valence-corrected chi connectivity index (χ3v) is 6.62. The smallest absolute Gasteiger partial charge is 0.407 e. The molecule has 31 heavy (non-hydrogen) atoms. The Hall–Kier alpha value is -1.51. The van der Waals surface area contributed by atoms with Gasteiger partial charge in [-0.2, -0.15) is 9.97 Å². The van der Waals surface area contributed by atoms with Crippen molar-refractivity contribution in [1.29, 1.82) is 0 Å². The SMILES string of the molecule is CC(C)(C)OC(=O)NC1CCC(CCN2CCN(c3nc(N)nc(Cl)c3Cl)CC2)CC1. The zero-order chi connectivity index (χ0) is 22.6. The van der Waals surface area contributed by atoms with E-state index in [1.165, 1.54) is 6.42 Å². The standard InChI is InChI=1S/C21H34Cl2N6O2/c1-21(2,3)31-20(30)25-15-6-4-14(5-7-15)8-9-28-10-12-29(13-11-28)18-16(22)17(23)26-19(24)27-18/h14-15H,4-13H2,1-3H3,(H,25,30)(H2,24,26,27). The number of nitrogen functional groups attached to an aromatic ring is 1. The van der Waals surface area contributed by atoms with Crippen molar-refractivity contribution in [2.75, 3.05) is 43.4 Å². The molecule has 1 aliphatic carbocycles. The second-order valence-corrected chi connectivity index (χ2v) is 10.2. The molecule has 0 radical (unpaired) electrons. The summed E-state index contributed by atoms with van der Waals surface area (Å²) in [7, 11) is 0. The molecular formula is C21H34Cl2N6O2. The van der Waals surface area contributed by atoms with Crippen LogP contribution in [0.1, 0.15) is 52.9 Å². The highest BCUT2D eigenvalue weighted by Gasteiger charge is 2.26. The van der Waals surface area contributed by atoms with Crippen molar-refractivity contribution in [1.82, 2.24) is 20.2 Å². The van der Waals surface area contributed by atoms with Gasteiger partial charge >= 0.3 is 6.09 Å². The van der Waals surface area contributed by atoms with Crippen LogP contribution in [0.25, 0.3) is 0 Å². The van der Waals surface area contributed by atoms with E-state index in [0.717, 1.165) is 58.4 Å². The maximum Gasteiger partial charge on any atom is 0.407 e. The fraction of sp³-hybridized carbons (Fsp3) is 0.762. The van der Waals surface area contributed by atoms with Crippen LogP contribution in [0.2, 0.25) is 10.2 Å². The van der Waals surface area contributed by atoms with Crippen molar-refractivity contribution in [3.63, 3.8) is 0 Å². The normalized spacial score (nSPS) is 22.9. The fourth-order valence-corrected chi connectivity index (χ4v) is 4.63. The summed E-state index contributed by atoms with van der Waals surface area (Å²) in [6, 6.07) is 0.228. The molecule has 0 atom stereocenters. The number of anilines is 2. The second-order valence-electron chi connectivity index (χ2n) is 9.49. The Morgan fingerprint density at radius 2 is 1.77 bits per heavy atom. The highest BCUT2D eigenvalue weighted by atomic mass is 35.5. The minimum Gasteiger partial charge on any atom is -0.444 e. The van der Waals surface area contributed by atoms with Gasteiger partial charge in [0.15, 0.2) is 11.0 Å². The number of piperazine rings is 1. The lowest BCUT2D eigenvalue weighted by Crippen LogP contribution is -2.47. The van der Waals surface area contributed by atoms with Crippen molar-refractivity contribution in [2.24, 2.45) is 5.92 Å². The molecule has 1 aromatic heterocycles. The van der Waals surface area contributed by atoms with Crippen molar-refractivity contribution in [3.8, 4) is 0 Å². The van der Waals surface area contributed by atoms with Gasteiger partial charge in [0, 0.05) is 32.2 Å². The maximum atomic E-state index is 12.0. The van der Waals surface area contributed by atoms with Gasteiger partial charge in [-0.25, -0.2) is 4.79 Å². The van der Waals surface area contributed by atoms with Crippen LogP contribution >= 0.6 is 23.2 Å². The van der Waals surface area contributed by atoms with Crippen LogP contribution in [0.3, 0.4) is 0 Å². The summed E-state index contributed by atoms with van der Waals surface area (Å²) in [5.41, 5.74) is 5.27. The van der Waals surface area contributed by atoms with Gasteiger partial charge in [0.25, 0.3) is 0 Å². The van der Waals surface area contributed by atoms with Gasteiger partial charge in [0.05, 0.1) is 0 Å². The van der Waals surface area contributed by atoms with Gasteiger partial charge in [-0.3, -0.25) is 4.90 Å². The number of carbonyl (C=O) groups excluding carboxylic acids is 1. The first kappa shape index (κ1) is 24.1. The number of nitrogens with zero attached hydrogens (tertiary/aromatic N) is 4. The summed E-state index contributed by atoms with van der Waals surface area (Å²) >= 11 is 12.3. The minimum absolute atomic E-state index is 0.142. The van der Waals surface area contributed by atoms with Gasteiger partial charge in [-0.05, 0) is 65.3 Å². The predicted octanol–water partition coefficient (Wildman–Crippen LogP) is 3.96. The third-order valence-electron chi connectivity index (χ3n) is 5.90. The summed E-state index contributed by atoms with van der Waals surface area (Å²) in [4.78, 5) is 24.7. The molecule has 1 aliphatic heterocycles. The fourth-order valence-electron chi connectivity index (χ4n) is 4.25. The average Bonchev–Trinajstić information content (AvgIpc) is 2.69. The lowest BCUT2D eigenvalue weighted by atomic mass is 9.84. The first-order valence-electron chi connectivity index (χ1n) is 11.1. The zero-order valence-corrected chi connectivity index (χ0v) is 20.2. The van der Waals surface area contributed by atoms with Gasteiger partial charge in [0.1, 0.15) is 10.6 Å². The highest BCUT2D eigenvalue weighted by Crippen LogP contribution is 2.31. The number of hydrogen-bond acceptors (Lipinski definition) is 7. The molecule has 3 N–H and O–H groups in total. The number of amides is 1. The Morgan fingerprint density at radius 1 is 1.13 bits per heavy atom. The number of nitrogens with one attached hydrogen (secondary N) is 1. The second kappa shape index (κ2) is 10.4. The number of halogens is 2. The lowest BCUT2D eigenvalue weighted by molar-refractivity contribution is 0.0486. The van der Waals surface area contributed by atoms with Crippen LogP contribution in [0.5, 0.6) is 0 Å². The topological polar surface area (TPSA) is 96.6 Å². The molecular weight excluding hydrogens is 439 g/mol. The summed E-state index contributed by atoms with van der Waals surface area (Å²) in [6.07, 6.45) is 5.22. The van der Waals surface area contributed by atoms with E-state index in [-0.39, 0.29) is 23.2 Å². The van der Waals surface area contributed by atoms with Gasteiger partial charge in [-0.1, -0.05) is 23.2 Å². The Kier molecular flexibility index (Phi) is 8.10. The van der Waals surface area contributed by atoms with Crippen molar-refractivity contribution < 1.29 is 9.53 Å². The molecule has 2 heterocycles. The van der Waals surface area contributed by atoms with Crippen LogP contribution in [0.15, 0.2) is 0 Å². The number of rotatable bonds is 5. The van der Waals surface area contributed by atoms with Crippen LogP contribution in [-0.4, -0.2) is 65.3 Å². The van der Waals surface area contributed by atoms with Crippen LogP contribution in [0.4, 0.5) is 16.6 Å². The van der Waals surface area contributed by atoms with Crippen LogP contribution in [-0.2, 0) is 4.74 Å². The van der Waals surface area contributed by atoms with Gasteiger partial charge in [-0.15, -0.1) is 0 Å². The number of ether oxygens (including phenoxy) is 1. The number of nitrogens with two attached hydrogens (primary N) is 1. The number of alkyl carbamates (subject to hydrolysis) is 1. The molecule has 0 aromatic carbocycles. The monoisotopic (exact) mass is 472 g/mol. The van der Waals surface area contributed by atoms with E-state index in [0.29, 0.717) is 16.8 Å². The molecule has 0 spiro atoms. The molecule has 10 heteroatoms. The average molecular weight is 473 g/mol. The summed E-state index contributed by atoms with van der Waals surface area (Å²) < 4.78 is 5.36. The predicted molar refractivity (Wildman–Crippen MR) is 125 cm³/mol. The Bertz CT molecular complexity index is 757. The Balaban J connectivity index is 1.36. The molecule has 2 aliphatic rings. The molecule has 1 amide bonds. The molecule has 0 unspecified atom stereocenters. The van der Waals surface area contributed by atoms with Gasteiger partial charge in [0.2, 0.25) is 5.95 Å². The lowest BCUT2D eigenvalue weighted by Gasteiger charge is -2.37. The molecule has 1 saturated heterocycles. The Morgan fingerprint density at radius 3 is 2.39 bits per heavy atom. The quantitative estimate of drug-likeness (QED) is 0.625. The van der Waals surface area contributed by atoms with E-state index in [2.05, 4.69) is 25.1 Å². The molecule has 0 bridgehead atoms. The summed E-state index contributed by atoms with van der Waals surface area (Å²) in [5, 5.41) is 3.58. The first-order chi connectivity index (χ1) is 14.6. The number of carbonyl (C=O) groups is 1. The zero-order valence-electron chi connectivity index (χ0n) is 18.7. The van der Waals surface area contributed by atoms with Crippen LogP contribution in [0, 0.1) is 5.92 Å². The molecule has 1 aromatic rings. The van der Waals surface area contributed by atoms with Crippen molar-refractivity contribution in [2.45, 2.75) is 64.5 Å². The van der Waals surface area contributed by atoms with Crippen molar-refractivity contribution in [3.05, 3.63) is 10.2 Å². The maximum absolute atomic E-state index is 12.0. The minimum atomic E-state index is -0.455. The highest BCUT2D eigenvalue weighted by molar-refractivity contribution is 6.42. The van der Waals surface area contributed by atoms with E-state index in [1.54, 1.807) is 0 Å². The molecule has 174 valence electrons. The van der Waals surface area contributed by atoms with Crippen molar-refractivity contribution >= 4 is 41.1 Å². The largest absolute Gasteiger partial charge is 0.444 e. The molecule has 2 fully saturated rings. The molecule has 1 saturated carbocycles. The van der Waals surface area contributed by atoms with E-state index < -0.39 is 5.60 Å². The van der Waals surface area contributed by atoms with Crippen LogP contribution < -0.4 is 16.0 Å². The van der Waals surface area contributed by atoms with E-state index in [4.69, 9.17) is 33.7 Å². The Labute approximate surface area is 194 Å². The molecule has 3 rings (SSSR count). The summed E-state index contributed by atoms with van der Waals surface area (Å²) in [5.74, 6) is 1.47. The van der Waals surface area contributed by atoms with E-state index in [1.807, 2.05) is 20.8 Å². The van der Waals surface area contributed by atoms with E-state index in [9.17, 15) is 4.79 Å². The number of hydrogen-bond donors (Lipinski definition) is 2. The molecule has 8 nitrogen and oxygen atoms in total. The summed E-state index contributed by atoms with van der Waals surface area (Å²) in [6.45, 7) is 10.3. The number of aromatic nitrogens is 2. The first-order valence-corrected chi connectivity index (χ1v) is 11.8.